The molecule has 1 N–H and O–H groups in total. The fourth-order valence-corrected chi connectivity index (χ4v) is 3.40. The van der Waals surface area contributed by atoms with Crippen molar-refractivity contribution >= 4 is 12.0 Å². The van der Waals surface area contributed by atoms with Gasteiger partial charge < -0.3 is 10.0 Å². The number of carbonyl (C=O) groups is 1. The van der Waals surface area contributed by atoms with Crippen molar-refractivity contribution in [1.29, 1.82) is 0 Å². The third-order valence-corrected chi connectivity index (χ3v) is 4.10. The molecule has 2 atom stereocenters. The Morgan fingerprint density at radius 3 is 2.56 bits per heavy atom. The van der Waals surface area contributed by atoms with Gasteiger partial charge >= 0.3 is 0 Å². The van der Waals surface area contributed by atoms with E-state index in [9.17, 15) is 14.3 Å². The number of fused-ring (bicyclic) bond motifs is 2. The molecule has 2 unspecified atom stereocenters. The Morgan fingerprint density at radius 2 is 1.94 bits per heavy atom. The highest BCUT2D eigenvalue weighted by Crippen LogP contribution is 2.40. The smallest absolute Gasteiger partial charge is 0.152 e. The molecule has 1 aromatic rings. The molecule has 2 saturated heterocycles. The minimum atomic E-state index is -0.384. The average molecular weight is 249 g/mol. The molecule has 18 heavy (non-hydrogen) atoms. The number of aliphatic hydroxyl groups is 1. The molecule has 0 saturated carbocycles. The van der Waals surface area contributed by atoms with Gasteiger partial charge in [-0.25, -0.2) is 4.39 Å². The van der Waals surface area contributed by atoms with Crippen LogP contribution in [0.15, 0.2) is 18.2 Å². The van der Waals surface area contributed by atoms with Crippen LogP contribution >= 0.6 is 0 Å². The van der Waals surface area contributed by atoms with Crippen molar-refractivity contribution in [3.05, 3.63) is 29.6 Å². The summed E-state index contributed by atoms with van der Waals surface area (Å²) in [4.78, 5) is 13.3. The van der Waals surface area contributed by atoms with Crippen LogP contribution in [0.3, 0.4) is 0 Å². The minimum Gasteiger partial charge on any atom is -0.393 e. The summed E-state index contributed by atoms with van der Waals surface area (Å²) in [5.74, 6) is -0.384. The first-order chi connectivity index (χ1) is 8.69. The van der Waals surface area contributed by atoms with Crippen molar-refractivity contribution < 1.29 is 14.3 Å². The van der Waals surface area contributed by atoms with E-state index in [1.807, 2.05) is 0 Å². The van der Waals surface area contributed by atoms with E-state index in [0.717, 1.165) is 31.4 Å². The summed E-state index contributed by atoms with van der Waals surface area (Å²) in [6.45, 7) is 0. The van der Waals surface area contributed by atoms with Crippen LogP contribution in [0.5, 0.6) is 0 Å². The zero-order chi connectivity index (χ0) is 12.7. The van der Waals surface area contributed by atoms with Gasteiger partial charge in [-0.2, -0.15) is 0 Å². The standard InChI is InChI=1S/C14H16FNO2/c15-10-1-4-14(9(5-10)8-17)16-11-2-3-12(16)7-13(18)6-11/h1,4-5,8,11-13,18H,2-3,6-7H2. The van der Waals surface area contributed by atoms with Crippen LogP contribution in [-0.2, 0) is 0 Å². The lowest BCUT2D eigenvalue weighted by molar-refractivity contribution is 0.112. The molecular weight excluding hydrogens is 233 g/mol. The Labute approximate surface area is 105 Å². The fourth-order valence-electron chi connectivity index (χ4n) is 3.40. The van der Waals surface area contributed by atoms with Crippen LogP contribution in [0.25, 0.3) is 0 Å². The molecule has 3 nitrogen and oxygen atoms in total. The highest BCUT2D eigenvalue weighted by atomic mass is 19.1. The highest BCUT2D eigenvalue weighted by Gasteiger charge is 2.40. The number of rotatable bonds is 2. The zero-order valence-corrected chi connectivity index (χ0v) is 10.1. The predicted molar refractivity (Wildman–Crippen MR) is 66.3 cm³/mol. The maximum Gasteiger partial charge on any atom is 0.152 e. The van der Waals surface area contributed by atoms with Crippen molar-refractivity contribution in [2.24, 2.45) is 0 Å². The first kappa shape index (κ1) is 11.7. The van der Waals surface area contributed by atoms with Crippen LogP contribution in [0.4, 0.5) is 10.1 Å². The monoisotopic (exact) mass is 249 g/mol. The first-order valence-corrected chi connectivity index (χ1v) is 6.40. The summed E-state index contributed by atoms with van der Waals surface area (Å²) in [6.07, 6.45) is 4.04. The van der Waals surface area contributed by atoms with E-state index in [-0.39, 0.29) is 24.0 Å². The summed E-state index contributed by atoms with van der Waals surface area (Å²) in [6, 6.07) is 4.92. The summed E-state index contributed by atoms with van der Waals surface area (Å²) in [7, 11) is 0. The number of hydrogen-bond donors (Lipinski definition) is 1. The summed E-state index contributed by atoms with van der Waals surface area (Å²) < 4.78 is 13.2. The lowest BCUT2D eigenvalue weighted by Crippen LogP contribution is -2.45. The summed E-state index contributed by atoms with van der Waals surface area (Å²) >= 11 is 0. The van der Waals surface area contributed by atoms with E-state index in [4.69, 9.17) is 0 Å². The van der Waals surface area contributed by atoms with Gasteiger partial charge in [0.2, 0.25) is 0 Å². The predicted octanol–water partition coefficient (Wildman–Crippen LogP) is 2.13. The zero-order valence-electron chi connectivity index (χ0n) is 10.1. The van der Waals surface area contributed by atoms with Gasteiger partial charge in [-0.3, -0.25) is 4.79 Å². The Morgan fingerprint density at radius 1 is 1.28 bits per heavy atom. The normalized spacial score (nSPS) is 30.6. The fraction of sp³-hybridized carbons (Fsp3) is 0.500. The van der Waals surface area contributed by atoms with Gasteiger partial charge in [0.15, 0.2) is 6.29 Å². The van der Waals surface area contributed by atoms with E-state index in [2.05, 4.69) is 4.90 Å². The van der Waals surface area contributed by atoms with Crippen molar-refractivity contribution in [2.45, 2.75) is 43.9 Å². The number of benzene rings is 1. The number of aliphatic hydroxyl groups excluding tert-OH is 1. The SMILES string of the molecule is O=Cc1cc(F)ccc1N1C2CCC1CC(O)C2. The minimum absolute atomic E-state index is 0.237. The number of hydrogen-bond acceptors (Lipinski definition) is 3. The van der Waals surface area contributed by atoms with Crippen LogP contribution in [-0.4, -0.2) is 29.6 Å². The van der Waals surface area contributed by atoms with Crippen LogP contribution in [0.2, 0.25) is 0 Å². The second-order valence-corrected chi connectivity index (χ2v) is 5.24. The van der Waals surface area contributed by atoms with Gasteiger partial charge in [-0.05, 0) is 43.9 Å². The largest absolute Gasteiger partial charge is 0.393 e. The molecule has 0 aromatic heterocycles. The number of halogens is 1. The molecule has 0 radical (unpaired) electrons. The van der Waals surface area contributed by atoms with Crippen LogP contribution in [0, 0.1) is 5.82 Å². The van der Waals surface area contributed by atoms with Crippen LogP contribution in [0.1, 0.15) is 36.0 Å². The number of anilines is 1. The highest BCUT2D eigenvalue weighted by molar-refractivity contribution is 5.85. The summed E-state index contributed by atoms with van der Waals surface area (Å²) in [5.41, 5.74) is 1.22. The molecule has 2 bridgehead atoms. The molecule has 2 fully saturated rings. The first-order valence-electron chi connectivity index (χ1n) is 6.40. The lowest BCUT2D eigenvalue weighted by atomic mass is 9.98. The second-order valence-electron chi connectivity index (χ2n) is 5.24. The summed E-state index contributed by atoms with van der Waals surface area (Å²) in [5, 5.41) is 9.77. The number of aldehydes is 1. The molecule has 0 aliphatic carbocycles. The lowest BCUT2D eigenvalue weighted by Gasteiger charge is -2.39. The van der Waals surface area contributed by atoms with Crippen molar-refractivity contribution in [1.82, 2.24) is 0 Å². The Hall–Kier alpha value is -1.42. The molecule has 2 aliphatic heterocycles. The quantitative estimate of drug-likeness (QED) is 0.816. The van der Waals surface area contributed by atoms with Gasteiger partial charge in [-0.15, -0.1) is 0 Å². The molecule has 0 amide bonds. The molecule has 2 heterocycles. The maximum absolute atomic E-state index is 13.2. The number of carbonyl (C=O) groups excluding carboxylic acids is 1. The van der Waals surface area contributed by atoms with E-state index in [1.54, 1.807) is 6.07 Å². The molecule has 1 aromatic carbocycles. The molecule has 0 spiro atoms. The van der Waals surface area contributed by atoms with Gasteiger partial charge in [0.1, 0.15) is 5.82 Å². The third kappa shape index (κ3) is 1.81. The van der Waals surface area contributed by atoms with E-state index in [1.165, 1.54) is 12.1 Å². The van der Waals surface area contributed by atoms with E-state index >= 15 is 0 Å². The third-order valence-electron chi connectivity index (χ3n) is 4.10. The van der Waals surface area contributed by atoms with E-state index in [0.29, 0.717) is 11.8 Å². The van der Waals surface area contributed by atoms with Gasteiger partial charge in [0.25, 0.3) is 0 Å². The topological polar surface area (TPSA) is 40.5 Å². The molecule has 2 aliphatic rings. The van der Waals surface area contributed by atoms with Crippen molar-refractivity contribution in [2.75, 3.05) is 4.90 Å². The average Bonchev–Trinajstić information content (AvgIpc) is 2.62. The van der Waals surface area contributed by atoms with Gasteiger partial charge in [0, 0.05) is 23.3 Å². The van der Waals surface area contributed by atoms with Crippen molar-refractivity contribution in [3.63, 3.8) is 0 Å². The van der Waals surface area contributed by atoms with Gasteiger partial charge in [-0.1, -0.05) is 0 Å². The molecule has 96 valence electrons. The Kier molecular flexibility index (Phi) is 2.82. The molecular formula is C14H16FNO2. The number of nitrogens with zero attached hydrogens (tertiary/aromatic N) is 1. The Bertz CT molecular complexity index is 463. The Balaban J connectivity index is 1.98. The maximum atomic E-state index is 13.2. The van der Waals surface area contributed by atoms with Gasteiger partial charge in [0.05, 0.1) is 6.10 Å². The molecule has 3 rings (SSSR count). The number of piperidine rings is 1. The van der Waals surface area contributed by atoms with Crippen molar-refractivity contribution in [3.8, 4) is 0 Å². The van der Waals surface area contributed by atoms with E-state index < -0.39 is 0 Å². The van der Waals surface area contributed by atoms with Crippen LogP contribution < -0.4 is 4.90 Å². The second kappa shape index (κ2) is 4.35. The molecule has 4 heteroatoms.